The van der Waals surface area contributed by atoms with Crippen molar-refractivity contribution in [2.75, 3.05) is 47.4 Å². The number of nitrogens with one attached hydrogen (secondary N) is 1. The molecule has 1 aliphatic carbocycles. The summed E-state index contributed by atoms with van der Waals surface area (Å²) in [7, 11) is 5.28. The Kier molecular flexibility index (Phi) is 4.99. The SMILES string of the molecule is COc1ccc(-c2cc(C3(C(=O)NN4CCN(C)CC4)CC3)no2)cc1OC. The van der Waals surface area contributed by atoms with Crippen LogP contribution in [0.2, 0.25) is 0 Å². The molecule has 8 nitrogen and oxygen atoms in total. The minimum Gasteiger partial charge on any atom is -0.493 e. The molecule has 8 heteroatoms. The summed E-state index contributed by atoms with van der Waals surface area (Å²) in [4.78, 5) is 15.2. The van der Waals surface area contributed by atoms with E-state index < -0.39 is 5.41 Å². The van der Waals surface area contributed by atoms with Crippen molar-refractivity contribution in [1.29, 1.82) is 0 Å². The van der Waals surface area contributed by atoms with E-state index in [0.29, 0.717) is 23.0 Å². The molecule has 2 aliphatic rings. The van der Waals surface area contributed by atoms with Crippen LogP contribution < -0.4 is 14.9 Å². The van der Waals surface area contributed by atoms with Crippen LogP contribution in [0.15, 0.2) is 28.8 Å². The molecule has 0 atom stereocenters. The van der Waals surface area contributed by atoms with Gasteiger partial charge in [-0.3, -0.25) is 10.2 Å². The van der Waals surface area contributed by atoms with Gasteiger partial charge < -0.3 is 18.9 Å². The van der Waals surface area contributed by atoms with Crippen molar-refractivity contribution in [3.05, 3.63) is 30.0 Å². The van der Waals surface area contributed by atoms with Gasteiger partial charge in [-0.25, -0.2) is 5.01 Å². The molecule has 1 saturated heterocycles. The number of nitrogens with zero attached hydrogens (tertiary/aromatic N) is 3. The van der Waals surface area contributed by atoms with E-state index in [1.54, 1.807) is 14.2 Å². The van der Waals surface area contributed by atoms with E-state index >= 15 is 0 Å². The van der Waals surface area contributed by atoms with E-state index in [4.69, 9.17) is 14.0 Å². The minimum absolute atomic E-state index is 0.00390. The van der Waals surface area contributed by atoms with Crippen LogP contribution in [0.1, 0.15) is 18.5 Å². The fourth-order valence-corrected chi connectivity index (χ4v) is 3.52. The van der Waals surface area contributed by atoms with Gasteiger partial charge in [0.25, 0.3) is 0 Å². The summed E-state index contributed by atoms with van der Waals surface area (Å²) in [6.07, 6.45) is 1.56. The summed E-state index contributed by atoms with van der Waals surface area (Å²) in [6, 6.07) is 7.41. The number of hydrazine groups is 1. The third-order valence-corrected chi connectivity index (χ3v) is 5.62. The number of likely N-dealkylation sites (N-methyl/N-ethyl adjacent to an activating group) is 1. The molecular formula is C20H26N4O4. The number of carbonyl (C=O) groups excluding carboxylic acids is 1. The minimum atomic E-state index is -0.582. The number of amides is 1. The van der Waals surface area contributed by atoms with Crippen molar-refractivity contribution < 1.29 is 18.8 Å². The molecule has 1 saturated carbocycles. The second-order valence-corrected chi connectivity index (χ2v) is 7.46. The van der Waals surface area contributed by atoms with Gasteiger partial charge in [0.1, 0.15) is 0 Å². The summed E-state index contributed by atoms with van der Waals surface area (Å²) >= 11 is 0. The first-order valence-corrected chi connectivity index (χ1v) is 9.50. The molecule has 0 radical (unpaired) electrons. The lowest BCUT2D eigenvalue weighted by Gasteiger charge is -2.33. The normalized spacial score (nSPS) is 19.2. The van der Waals surface area contributed by atoms with Gasteiger partial charge in [0.15, 0.2) is 17.3 Å². The van der Waals surface area contributed by atoms with Gasteiger partial charge >= 0.3 is 0 Å². The van der Waals surface area contributed by atoms with Gasteiger partial charge in [-0.15, -0.1) is 0 Å². The lowest BCUT2D eigenvalue weighted by molar-refractivity contribution is -0.129. The van der Waals surface area contributed by atoms with Crippen LogP contribution in [-0.2, 0) is 10.2 Å². The molecule has 0 unspecified atom stereocenters. The Balaban J connectivity index is 1.50. The second-order valence-electron chi connectivity index (χ2n) is 7.46. The average Bonchev–Trinajstić information content (AvgIpc) is 3.39. The number of aromatic nitrogens is 1. The fourth-order valence-electron chi connectivity index (χ4n) is 3.52. The van der Waals surface area contributed by atoms with Crippen molar-refractivity contribution in [3.63, 3.8) is 0 Å². The third kappa shape index (κ3) is 3.45. The summed E-state index contributed by atoms with van der Waals surface area (Å²) in [6.45, 7) is 3.55. The van der Waals surface area contributed by atoms with Crippen LogP contribution in [0, 0.1) is 0 Å². The Morgan fingerprint density at radius 3 is 2.46 bits per heavy atom. The molecule has 2 aromatic rings. The highest BCUT2D eigenvalue weighted by molar-refractivity contribution is 5.90. The Hall–Kier alpha value is -2.58. The van der Waals surface area contributed by atoms with E-state index in [0.717, 1.165) is 44.6 Å². The van der Waals surface area contributed by atoms with Crippen molar-refractivity contribution in [2.24, 2.45) is 0 Å². The molecule has 4 rings (SSSR count). The smallest absolute Gasteiger partial charge is 0.246 e. The monoisotopic (exact) mass is 386 g/mol. The van der Waals surface area contributed by atoms with Crippen LogP contribution >= 0.6 is 0 Å². The highest BCUT2D eigenvalue weighted by Crippen LogP contribution is 2.49. The van der Waals surface area contributed by atoms with Crippen molar-refractivity contribution in [1.82, 2.24) is 20.5 Å². The molecule has 2 fully saturated rings. The standard InChI is InChI=1S/C20H26N4O4/c1-23-8-10-24(11-9-23)21-19(25)20(6-7-20)18-13-16(28-22-18)14-4-5-15(26-2)17(12-14)27-3/h4-5,12-13H,6-11H2,1-3H3,(H,21,25). The maximum atomic E-state index is 12.9. The van der Waals surface area contributed by atoms with Crippen molar-refractivity contribution >= 4 is 5.91 Å². The second kappa shape index (κ2) is 7.44. The van der Waals surface area contributed by atoms with Gasteiger partial charge in [0.05, 0.1) is 25.3 Å². The zero-order chi connectivity index (χ0) is 19.7. The largest absolute Gasteiger partial charge is 0.493 e. The molecule has 1 aromatic carbocycles. The van der Waals surface area contributed by atoms with Gasteiger partial charge in [-0.1, -0.05) is 5.16 Å². The average molecular weight is 386 g/mol. The number of piperazine rings is 1. The number of carbonyl (C=O) groups is 1. The van der Waals surface area contributed by atoms with Gasteiger partial charge in [0, 0.05) is 37.8 Å². The summed E-state index contributed by atoms with van der Waals surface area (Å²) < 4.78 is 16.2. The van der Waals surface area contributed by atoms with Crippen LogP contribution in [0.4, 0.5) is 0 Å². The first-order valence-electron chi connectivity index (χ1n) is 9.50. The van der Waals surface area contributed by atoms with Gasteiger partial charge in [0.2, 0.25) is 5.91 Å². The molecule has 1 N–H and O–H groups in total. The third-order valence-electron chi connectivity index (χ3n) is 5.62. The highest BCUT2D eigenvalue weighted by Gasteiger charge is 2.54. The number of rotatable bonds is 6. The predicted octanol–water partition coefficient (Wildman–Crippen LogP) is 1.67. The lowest BCUT2D eigenvalue weighted by atomic mass is 10.0. The van der Waals surface area contributed by atoms with Crippen LogP contribution in [0.5, 0.6) is 11.5 Å². The quantitative estimate of drug-likeness (QED) is 0.809. The highest BCUT2D eigenvalue weighted by atomic mass is 16.5. The molecule has 2 heterocycles. The maximum Gasteiger partial charge on any atom is 0.246 e. The Morgan fingerprint density at radius 2 is 1.82 bits per heavy atom. The Bertz CT molecular complexity index is 854. The lowest BCUT2D eigenvalue weighted by Crippen LogP contribution is -2.54. The van der Waals surface area contributed by atoms with E-state index in [-0.39, 0.29) is 5.91 Å². The van der Waals surface area contributed by atoms with Gasteiger partial charge in [-0.05, 0) is 38.1 Å². The molecule has 150 valence electrons. The first kappa shape index (κ1) is 18.8. The zero-order valence-electron chi connectivity index (χ0n) is 16.5. The number of ether oxygens (including phenoxy) is 2. The number of methoxy groups -OCH3 is 2. The zero-order valence-corrected chi connectivity index (χ0v) is 16.5. The molecular weight excluding hydrogens is 360 g/mol. The summed E-state index contributed by atoms with van der Waals surface area (Å²) in [5, 5.41) is 6.21. The Labute approximate surface area is 164 Å². The Morgan fingerprint density at radius 1 is 1.11 bits per heavy atom. The molecule has 1 amide bonds. The maximum absolute atomic E-state index is 12.9. The summed E-state index contributed by atoms with van der Waals surface area (Å²) in [5.74, 6) is 1.88. The van der Waals surface area contributed by atoms with E-state index in [2.05, 4.69) is 22.5 Å². The summed E-state index contributed by atoms with van der Waals surface area (Å²) in [5.41, 5.74) is 4.00. The molecule has 0 spiro atoms. The van der Waals surface area contributed by atoms with Crippen LogP contribution in [0.25, 0.3) is 11.3 Å². The van der Waals surface area contributed by atoms with Crippen molar-refractivity contribution in [3.8, 4) is 22.8 Å². The molecule has 1 aliphatic heterocycles. The number of benzene rings is 1. The van der Waals surface area contributed by atoms with Crippen molar-refractivity contribution in [2.45, 2.75) is 18.3 Å². The molecule has 28 heavy (non-hydrogen) atoms. The molecule has 0 bridgehead atoms. The van der Waals surface area contributed by atoms with E-state index in [1.807, 2.05) is 29.3 Å². The van der Waals surface area contributed by atoms with E-state index in [1.165, 1.54) is 0 Å². The number of hydrogen-bond acceptors (Lipinski definition) is 7. The van der Waals surface area contributed by atoms with Crippen LogP contribution in [0.3, 0.4) is 0 Å². The first-order chi connectivity index (χ1) is 13.6. The van der Waals surface area contributed by atoms with Crippen LogP contribution in [-0.4, -0.2) is 68.4 Å². The fraction of sp³-hybridized carbons (Fsp3) is 0.500. The van der Waals surface area contributed by atoms with E-state index in [9.17, 15) is 4.79 Å². The number of hydrogen-bond donors (Lipinski definition) is 1. The van der Waals surface area contributed by atoms with Gasteiger partial charge in [-0.2, -0.15) is 0 Å². The molecule has 1 aromatic heterocycles. The predicted molar refractivity (Wildman–Crippen MR) is 103 cm³/mol. The topological polar surface area (TPSA) is 80.1 Å².